The normalized spacial score (nSPS) is 16.2. The molecule has 23 heavy (non-hydrogen) atoms. The minimum Gasteiger partial charge on any atom is -0.507 e. The lowest BCUT2D eigenvalue weighted by molar-refractivity contribution is 0.102. The average molecular weight is 317 g/mol. The fourth-order valence-electron chi connectivity index (χ4n) is 2.99. The molecule has 3 rings (SSSR count). The second-order valence-electron chi connectivity index (χ2n) is 5.70. The summed E-state index contributed by atoms with van der Waals surface area (Å²) >= 11 is 0. The van der Waals surface area contributed by atoms with Crippen LogP contribution in [0, 0.1) is 5.82 Å². The van der Waals surface area contributed by atoms with Crippen molar-refractivity contribution < 1.29 is 14.3 Å². The summed E-state index contributed by atoms with van der Waals surface area (Å²) in [5.74, 6) is -1.39. The number of anilines is 1. The van der Waals surface area contributed by atoms with Crippen LogP contribution in [0.3, 0.4) is 0 Å². The van der Waals surface area contributed by atoms with Crippen LogP contribution in [0.2, 0.25) is 0 Å². The number of fused-ring (bicyclic) bond motifs is 1. The Labute approximate surface area is 131 Å². The van der Waals surface area contributed by atoms with Gasteiger partial charge in [-0.3, -0.25) is 9.59 Å². The Hall–Kier alpha value is -2.70. The van der Waals surface area contributed by atoms with E-state index >= 15 is 0 Å². The van der Waals surface area contributed by atoms with Crippen LogP contribution < -0.4 is 10.9 Å². The first-order valence-corrected chi connectivity index (χ1v) is 7.27. The number of hydrogen-bond acceptors (Lipinski definition) is 4. The van der Waals surface area contributed by atoms with E-state index < -0.39 is 17.3 Å². The van der Waals surface area contributed by atoms with E-state index in [1.54, 1.807) is 7.05 Å². The van der Waals surface area contributed by atoms with Crippen molar-refractivity contribution in [2.24, 2.45) is 7.05 Å². The third kappa shape index (κ3) is 2.48. The Morgan fingerprint density at radius 1 is 1.48 bits per heavy atom. The van der Waals surface area contributed by atoms with Crippen LogP contribution in [-0.4, -0.2) is 20.6 Å². The Morgan fingerprint density at radius 2 is 2.22 bits per heavy atom. The summed E-state index contributed by atoms with van der Waals surface area (Å²) in [7, 11) is 1.59. The van der Waals surface area contributed by atoms with E-state index in [9.17, 15) is 19.1 Å². The van der Waals surface area contributed by atoms with E-state index in [0.717, 1.165) is 24.4 Å². The molecule has 1 aliphatic carbocycles. The van der Waals surface area contributed by atoms with Crippen LogP contribution >= 0.6 is 0 Å². The van der Waals surface area contributed by atoms with Crippen LogP contribution in [0.5, 0.6) is 5.75 Å². The molecule has 0 saturated heterocycles. The number of aromatic hydroxyl groups is 1. The van der Waals surface area contributed by atoms with Crippen molar-refractivity contribution in [3.8, 4) is 5.75 Å². The SMILES string of the molecule is C[C@H]1CCc2c1c(O)c(C(=O)Nc1ccc(F)cn1)c(=O)n2C. The highest BCUT2D eigenvalue weighted by Gasteiger charge is 2.31. The maximum absolute atomic E-state index is 12.9. The first-order chi connectivity index (χ1) is 10.9. The van der Waals surface area contributed by atoms with E-state index in [1.165, 1.54) is 10.6 Å². The van der Waals surface area contributed by atoms with Crippen molar-refractivity contribution in [3.05, 3.63) is 51.3 Å². The van der Waals surface area contributed by atoms with Crippen LogP contribution in [-0.2, 0) is 13.5 Å². The number of carbonyl (C=O) groups is 1. The first kappa shape index (κ1) is 15.2. The first-order valence-electron chi connectivity index (χ1n) is 7.27. The van der Waals surface area contributed by atoms with Crippen molar-refractivity contribution in [2.45, 2.75) is 25.7 Å². The number of pyridine rings is 2. The Kier molecular flexibility index (Phi) is 3.63. The van der Waals surface area contributed by atoms with Crippen molar-refractivity contribution in [1.82, 2.24) is 9.55 Å². The third-order valence-corrected chi connectivity index (χ3v) is 4.23. The minimum atomic E-state index is -0.760. The maximum atomic E-state index is 12.9. The van der Waals surface area contributed by atoms with Gasteiger partial charge in [0.25, 0.3) is 11.5 Å². The number of amides is 1. The molecular weight excluding hydrogens is 301 g/mol. The smallest absolute Gasteiger partial charge is 0.267 e. The predicted molar refractivity (Wildman–Crippen MR) is 82.2 cm³/mol. The Morgan fingerprint density at radius 3 is 2.87 bits per heavy atom. The van der Waals surface area contributed by atoms with Crippen LogP contribution in [0.15, 0.2) is 23.1 Å². The Balaban J connectivity index is 2.04. The van der Waals surface area contributed by atoms with Gasteiger partial charge in [0.1, 0.15) is 22.9 Å². The molecule has 1 amide bonds. The Bertz CT molecular complexity index is 843. The van der Waals surface area contributed by atoms with E-state index in [-0.39, 0.29) is 23.0 Å². The van der Waals surface area contributed by atoms with Crippen LogP contribution in [0.4, 0.5) is 10.2 Å². The van der Waals surface area contributed by atoms with Gasteiger partial charge < -0.3 is 15.0 Å². The van der Waals surface area contributed by atoms with Gasteiger partial charge in [0.05, 0.1) is 6.20 Å². The van der Waals surface area contributed by atoms with Gasteiger partial charge in [-0.25, -0.2) is 9.37 Å². The molecule has 2 aromatic rings. The summed E-state index contributed by atoms with van der Waals surface area (Å²) < 4.78 is 14.3. The maximum Gasteiger partial charge on any atom is 0.267 e. The monoisotopic (exact) mass is 317 g/mol. The van der Waals surface area contributed by atoms with Crippen LogP contribution in [0.1, 0.15) is 40.9 Å². The lowest BCUT2D eigenvalue weighted by Gasteiger charge is -2.15. The molecule has 0 aliphatic heterocycles. The topological polar surface area (TPSA) is 84.2 Å². The number of nitrogens with zero attached hydrogens (tertiary/aromatic N) is 2. The van der Waals surface area contributed by atoms with Crippen molar-refractivity contribution in [1.29, 1.82) is 0 Å². The summed E-state index contributed by atoms with van der Waals surface area (Å²) in [6.45, 7) is 1.94. The van der Waals surface area contributed by atoms with Crippen molar-refractivity contribution in [3.63, 3.8) is 0 Å². The molecule has 1 atom stereocenters. The van der Waals surface area contributed by atoms with Gasteiger partial charge in [-0.05, 0) is 30.9 Å². The number of hydrogen-bond donors (Lipinski definition) is 2. The number of carbonyl (C=O) groups excluding carboxylic acids is 1. The summed E-state index contributed by atoms with van der Waals surface area (Å²) in [5.41, 5.74) is 0.529. The number of nitrogens with one attached hydrogen (secondary N) is 1. The fourth-order valence-corrected chi connectivity index (χ4v) is 2.99. The molecule has 0 radical (unpaired) electrons. The van der Waals surface area contributed by atoms with E-state index in [4.69, 9.17) is 0 Å². The molecule has 0 fully saturated rings. The molecule has 0 bridgehead atoms. The standard InChI is InChI=1S/C16H16FN3O3/c1-8-3-5-10-12(8)14(21)13(16(23)20(10)2)15(22)19-11-6-4-9(17)7-18-11/h4,6-8,21H,3,5H2,1-2H3,(H,18,19,22)/t8-/m0/s1. The quantitative estimate of drug-likeness (QED) is 0.886. The van der Waals surface area contributed by atoms with E-state index in [1.807, 2.05) is 6.92 Å². The molecule has 120 valence electrons. The van der Waals surface area contributed by atoms with Gasteiger partial charge in [-0.1, -0.05) is 6.92 Å². The fraction of sp³-hybridized carbons (Fsp3) is 0.312. The molecule has 0 aromatic carbocycles. The molecule has 2 N–H and O–H groups in total. The lowest BCUT2D eigenvalue weighted by atomic mass is 10.0. The van der Waals surface area contributed by atoms with Gasteiger partial charge in [0, 0.05) is 18.3 Å². The van der Waals surface area contributed by atoms with Gasteiger partial charge in [0.15, 0.2) is 0 Å². The second-order valence-corrected chi connectivity index (χ2v) is 5.70. The molecule has 1 aliphatic rings. The highest BCUT2D eigenvalue weighted by atomic mass is 19.1. The minimum absolute atomic E-state index is 0.0762. The van der Waals surface area contributed by atoms with Gasteiger partial charge >= 0.3 is 0 Å². The zero-order chi connectivity index (χ0) is 16.7. The van der Waals surface area contributed by atoms with E-state index in [2.05, 4.69) is 10.3 Å². The van der Waals surface area contributed by atoms with E-state index in [0.29, 0.717) is 12.0 Å². The van der Waals surface area contributed by atoms with Crippen molar-refractivity contribution >= 4 is 11.7 Å². The summed E-state index contributed by atoms with van der Waals surface area (Å²) in [5, 5.41) is 12.8. The molecule has 2 aromatic heterocycles. The second kappa shape index (κ2) is 5.49. The molecule has 0 saturated carbocycles. The van der Waals surface area contributed by atoms with Gasteiger partial charge in [-0.2, -0.15) is 0 Å². The number of halogens is 1. The van der Waals surface area contributed by atoms with Crippen molar-refractivity contribution in [2.75, 3.05) is 5.32 Å². The molecular formula is C16H16FN3O3. The van der Waals surface area contributed by atoms with Gasteiger partial charge in [-0.15, -0.1) is 0 Å². The largest absolute Gasteiger partial charge is 0.507 e. The lowest BCUT2D eigenvalue weighted by Crippen LogP contribution is -2.30. The predicted octanol–water partition coefficient (Wildman–Crippen LogP) is 1.93. The van der Waals surface area contributed by atoms with Gasteiger partial charge in [0.2, 0.25) is 0 Å². The highest BCUT2D eigenvalue weighted by Crippen LogP contribution is 2.39. The zero-order valence-electron chi connectivity index (χ0n) is 12.8. The molecule has 0 unspecified atom stereocenters. The summed E-state index contributed by atoms with van der Waals surface area (Å²) in [6.07, 6.45) is 2.47. The third-order valence-electron chi connectivity index (χ3n) is 4.23. The summed E-state index contributed by atoms with van der Waals surface area (Å²) in [6, 6.07) is 2.43. The molecule has 2 heterocycles. The average Bonchev–Trinajstić information content (AvgIpc) is 2.90. The number of rotatable bonds is 2. The summed E-state index contributed by atoms with van der Waals surface area (Å²) in [4.78, 5) is 28.5. The van der Waals surface area contributed by atoms with Crippen LogP contribution in [0.25, 0.3) is 0 Å². The molecule has 6 nitrogen and oxygen atoms in total. The zero-order valence-corrected chi connectivity index (χ0v) is 12.8. The molecule has 0 spiro atoms. The highest BCUT2D eigenvalue weighted by molar-refractivity contribution is 6.05. The molecule has 7 heteroatoms. The number of aromatic nitrogens is 2.